The lowest BCUT2D eigenvalue weighted by molar-refractivity contribution is 0.717. The molecule has 1 N–H and O–H groups in total. The van der Waals surface area contributed by atoms with Gasteiger partial charge in [-0.05, 0) is 17.7 Å². The summed E-state index contributed by atoms with van der Waals surface area (Å²) in [5, 5.41) is 3.51. The molecule has 1 heteroatoms. The molecule has 2 unspecified atom stereocenters. The molecule has 1 aliphatic heterocycles. The highest BCUT2D eigenvalue weighted by Crippen LogP contribution is 2.27. The third kappa shape index (κ3) is 1.50. The van der Waals surface area contributed by atoms with Crippen molar-refractivity contribution in [1.29, 1.82) is 0 Å². The molecule has 2 aliphatic rings. The maximum Gasteiger partial charge on any atom is 0.0614 e. The van der Waals surface area contributed by atoms with Crippen LogP contribution in [0.15, 0.2) is 48.6 Å². The summed E-state index contributed by atoms with van der Waals surface area (Å²) in [5.41, 5.74) is 2.44. The first kappa shape index (κ1) is 8.54. The van der Waals surface area contributed by atoms with Crippen LogP contribution in [-0.4, -0.2) is 6.04 Å². The van der Waals surface area contributed by atoms with Crippen LogP contribution in [0.1, 0.15) is 5.56 Å². The number of hydrogen-bond acceptors (Lipinski definition) is 1. The van der Waals surface area contributed by atoms with Crippen LogP contribution in [0.2, 0.25) is 0 Å². The van der Waals surface area contributed by atoms with E-state index in [4.69, 9.17) is 0 Å². The first-order chi connectivity index (χ1) is 7.43. The molecule has 1 nitrogen and oxygen atoms in total. The Bertz CT molecular complexity index is 454. The van der Waals surface area contributed by atoms with Crippen molar-refractivity contribution in [2.24, 2.45) is 5.92 Å². The fraction of sp³-hybridized carbons (Fsp3) is 0.143. The third-order valence-corrected chi connectivity index (χ3v) is 2.86. The number of hydrogen-bond donors (Lipinski definition) is 1. The van der Waals surface area contributed by atoms with E-state index in [0.29, 0.717) is 5.92 Å². The molecule has 0 fully saturated rings. The number of rotatable bonds is 0. The molecule has 0 saturated carbocycles. The second-order valence-electron chi connectivity index (χ2n) is 3.86. The van der Waals surface area contributed by atoms with E-state index >= 15 is 0 Å². The highest BCUT2D eigenvalue weighted by Gasteiger charge is 2.19. The Morgan fingerprint density at radius 2 is 2.07 bits per heavy atom. The first-order valence-electron chi connectivity index (χ1n) is 5.23. The maximum absolute atomic E-state index is 3.51. The quantitative estimate of drug-likeness (QED) is 0.669. The molecular formula is C14H12N. The van der Waals surface area contributed by atoms with Gasteiger partial charge in [0.2, 0.25) is 0 Å². The average Bonchev–Trinajstić information content (AvgIpc) is 2.48. The van der Waals surface area contributed by atoms with Gasteiger partial charge in [-0.2, -0.15) is 0 Å². The van der Waals surface area contributed by atoms with Gasteiger partial charge < -0.3 is 5.32 Å². The standard InChI is InChI=1S/C14H12N/c1-3-7-13-11(5-1)9-10-12-6-2-4-8-14(12)15-13/h1-7,9-10,12,14-15H. The zero-order chi connectivity index (χ0) is 10.1. The van der Waals surface area contributed by atoms with Gasteiger partial charge in [-0.1, -0.05) is 48.6 Å². The van der Waals surface area contributed by atoms with E-state index in [1.165, 1.54) is 11.3 Å². The van der Waals surface area contributed by atoms with Crippen molar-refractivity contribution in [3.63, 3.8) is 0 Å². The van der Waals surface area contributed by atoms with E-state index in [-0.39, 0.29) is 6.04 Å². The first-order valence-corrected chi connectivity index (χ1v) is 5.23. The molecule has 2 atom stereocenters. The molecule has 0 spiro atoms. The lowest BCUT2D eigenvalue weighted by Crippen LogP contribution is -2.25. The van der Waals surface area contributed by atoms with Gasteiger partial charge in [-0.3, -0.25) is 0 Å². The van der Waals surface area contributed by atoms with E-state index in [1.807, 2.05) is 6.08 Å². The largest absolute Gasteiger partial charge is 0.377 e. The van der Waals surface area contributed by atoms with Crippen molar-refractivity contribution >= 4 is 11.8 Å². The number of para-hydroxylation sites is 1. The highest BCUT2D eigenvalue weighted by atomic mass is 14.9. The van der Waals surface area contributed by atoms with Gasteiger partial charge in [0.15, 0.2) is 0 Å². The Morgan fingerprint density at radius 1 is 1.13 bits per heavy atom. The molecule has 1 radical (unpaired) electrons. The van der Waals surface area contributed by atoms with E-state index < -0.39 is 0 Å². The summed E-state index contributed by atoms with van der Waals surface area (Å²) < 4.78 is 0. The summed E-state index contributed by atoms with van der Waals surface area (Å²) >= 11 is 0. The second kappa shape index (κ2) is 3.43. The summed E-state index contributed by atoms with van der Waals surface area (Å²) in [7, 11) is 0. The lowest BCUT2D eigenvalue weighted by atomic mass is 9.95. The minimum Gasteiger partial charge on any atom is -0.377 e. The summed E-state index contributed by atoms with van der Waals surface area (Å²) in [6.45, 7) is 0. The van der Waals surface area contributed by atoms with Crippen LogP contribution in [-0.2, 0) is 0 Å². The number of allylic oxidation sites excluding steroid dienone is 2. The molecule has 1 aromatic carbocycles. The molecule has 15 heavy (non-hydrogen) atoms. The van der Waals surface area contributed by atoms with Crippen LogP contribution in [0.4, 0.5) is 5.69 Å². The zero-order valence-electron chi connectivity index (χ0n) is 8.35. The van der Waals surface area contributed by atoms with Gasteiger partial charge in [0.05, 0.1) is 6.04 Å². The molecule has 1 aromatic rings. The van der Waals surface area contributed by atoms with Gasteiger partial charge in [-0.15, -0.1) is 0 Å². The topological polar surface area (TPSA) is 12.0 Å². The van der Waals surface area contributed by atoms with E-state index in [2.05, 4.69) is 60.0 Å². The van der Waals surface area contributed by atoms with Crippen LogP contribution in [0.5, 0.6) is 0 Å². The summed E-state index contributed by atoms with van der Waals surface area (Å²) in [6, 6.07) is 8.64. The number of benzene rings is 1. The Labute approximate surface area is 89.8 Å². The fourth-order valence-electron chi connectivity index (χ4n) is 2.03. The molecular weight excluding hydrogens is 182 g/mol. The third-order valence-electron chi connectivity index (χ3n) is 2.86. The predicted octanol–water partition coefficient (Wildman–Crippen LogP) is 3.04. The Morgan fingerprint density at radius 3 is 3.07 bits per heavy atom. The van der Waals surface area contributed by atoms with Crippen molar-refractivity contribution < 1.29 is 0 Å². The van der Waals surface area contributed by atoms with Crippen LogP contribution in [0, 0.1) is 12.0 Å². The molecule has 73 valence electrons. The van der Waals surface area contributed by atoms with E-state index in [9.17, 15) is 0 Å². The lowest BCUT2D eigenvalue weighted by Gasteiger charge is -2.21. The summed E-state index contributed by atoms with van der Waals surface area (Å²) in [4.78, 5) is 0. The minimum atomic E-state index is 0.273. The van der Waals surface area contributed by atoms with Crippen molar-refractivity contribution in [3.05, 3.63) is 60.2 Å². The van der Waals surface area contributed by atoms with Crippen molar-refractivity contribution in [2.45, 2.75) is 6.04 Å². The molecule has 0 amide bonds. The van der Waals surface area contributed by atoms with Gasteiger partial charge >= 0.3 is 0 Å². The van der Waals surface area contributed by atoms with Crippen LogP contribution in [0.3, 0.4) is 0 Å². The normalized spacial score (nSPS) is 26.4. The van der Waals surface area contributed by atoms with E-state index in [1.54, 1.807) is 0 Å². The molecule has 1 aliphatic carbocycles. The number of anilines is 1. The van der Waals surface area contributed by atoms with Gasteiger partial charge in [0.25, 0.3) is 0 Å². The molecule has 0 saturated heterocycles. The number of nitrogens with one attached hydrogen (secondary N) is 1. The molecule has 0 bridgehead atoms. The summed E-state index contributed by atoms with van der Waals surface area (Å²) in [6.07, 6.45) is 14.0. The second-order valence-corrected chi connectivity index (χ2v) is 3.86. The van der Waals surface area contributed by atoms with E-state index in [0.717, 1.165) is 0 Å². The van der Waals surface area contributed by atoms with Crippen molar-refractivity contribution in [2.75, 3.05) is 5.32 Å². The molecule has 0 aromatic heterocycles. The predicted molar refractivity (Wildman–Crippen MR) is 63.3 cm³/mol. The molecule has 1 heterocycles. The molecule has 3 rings (SSSR count). The Kier molecular flexibility index (Phi) is 1.95. The van der Waals surface area contributed by atoms with Gasteiger partial charge in [0, 0.05) is 11.6 Å². The van der Waals surface area contributed by atoms with Crippen molar-refractivity contribution in [3.8, 4) is 0 Å². The maximum atomic E-state index is 3.51. The van der Waals surface area contributed by atoms with Gasteiger partial charge in [-0.25, -0.2) is 0 Å². The highest BCUT2D eigenvalue weighted by molar-refractivity contribution is 5.69. The average molecular weight is 194 g/mol. The Hall–Kier alpha value is -1.76. The van der Waals surface area contributed by atoms with Crippen molar-refractivity contribution in [1.82, 2.24) is 0 Å². The zero-order valence-corrected chi connectivity index (χ0v) is 8.35. The fourth-order valence-corrected chi connectivity index (χ4v) is 2.03. The summed E-state index contributed by atoms with van der Waals surface area (Å²) in [5.74, 6) is 0.419. The SMILES string of the molecule is [C]1=CC=CC2C=Cc3ccccc3NC12. The van der Waals surface area contributed by atoms with Crippen LogP contribution in [0.25, 0.3) is 6.08 Å². The number of fused-ring (bicyclic) bond motifs is 2. The van der Waals surface area contributed by atoms with Gasteiger partial charge in [0.1, 0.15) is 0 Å². The smallest absolute Gasteiger partial charge is 0.0614 e. The monoisotopic (exact) mass is 194 g/mol. The van der Waals surface area contributed by atoms with Crippen LogP contribution < -0.4 is 5.32 Å². The Balaban J connectivity index is 2.04. The minimum absolute atomic E-state index is 0.273. The van der Waals surface area contributed by atoms with Crippen LogP contribution >= 0.6 is 0 Å².